The fourth-order valence-electron chi connectivity index (χ4n) is 2.71. The zero-order chi connectivity index (χ0) is 12.9. The van der Waals surface area contributed by atoms with E-state index in [2.05, 4.69) is 34.9 Å². The van der Waals surface area contributed by atoms with Crippen LogP contribution in [0.15, 0.2) is 24.3 Å². The average molecular weight is 260 g/mol. The minimum absolute atomic E-state index is 0.468. The molecule has 3 rings (SSSR count). The van der Waals surface area contributed by atoms with E-state index in [-0.39, 0.29) is 0 Å². The Kier molecular flexibility index (Phi) is 4.49. The van der Waals surface area contributed by atoms with E-state index >= 15 is 0 Å². The standard InChI is InChI=1S/C16H24N2O/c1-2-4-15-14(3-1)11-17-8-7-16(15)18-9-10-19-12-13-5-6-13/h1-4,13,16-18H,5-12H2. The molecule has 19 heavy (non-hydrogen) atoms. The van der Waals surface area contributed by atoms with Crippen LogP contribution in [0.1, 0.15) is 36.4 Å². The van der Waals surface area contributed by atoms with Crippen LogP contribution >= 0.6 is 0 Å². The molecule has 0 aromatic heterocycles. The first-order chi connectivity index (χ1) is 9.43. The van der Waals surface area contributed by atoms with Gasteiger partial charge in [-0.05, 0) is 42.9 Å². The largest absolute Gasteiger partial charge is 0.380 e. The van der Waals surface area contributed by atoms with Crippen molar-refractivity contribution in [2.24, 2.45) is 5.92 Å². The Balaban J connectivity index is 1.48. The first-order valence-corrected chi connectivity index (χ1v) is 7.53. The molecule has 1 aliphatic carbocycles. The fourth-order valence-corrected chi connectivity index (χ4v) is 2.71. The van der Waals surface area contributed by atoms with Crippen molar-refractivity contribution in [3.8, 4) is 0 Å². The highest BCUT2D eigenvalue weighted by molar-refractivity contribution is 5.30. The molecule has 0 saturated heterocycles. The normalized spacial score (nSPS) is 22.8. The van der Waals surface area contributed by atoms with Crippen LogP contribution in [0.3, 0.4) is 0 Å². The summed E-state index contributed by atoms with van der Waals surface area (Å²) in [4.78, 5) is 0. The highest BCUT2D eigenvalue weighted by Gasteiger charge is 2.21. The van der Waals surface area contributed by atoms with Gasteiger partial charge >= 0.3 is 0 Å². The number of hydrogen-bond donors (Lipinski definition) is 2. The van der Waals surface area contributed by atoms with E-state index in [1.807, 2.05) is 0 Å². The Morgan fingerprint density at radius 2 is 2.11 bits per heavy atom. The average Bonchev–Trinajstić information content (AvgIpc) is 3.26. The second-order valence-electron chi connectivity index (χ2n) is 5.69. The number of fused-ring (bicyclic) bond motifs is 1. The molecule has 1 aromatic rings. The maximum atomic E-state index is 5.69. The predicted octanol–water partition coefficient (Wildman–Crippen LogP) is 2.24. The molecule has 2 aliphatic rings. The summed E-state index contributed by atoms with van der Waals surface area (Å²) in [5, 5.41) is 7.13. The number of rotatable bonds is 6. The Bertz CT molecular complexity index is 403. The summed E-state index contributed by atoms with van der Waals surface area (Å²) in [6, 6.07) is 9.22. The lowest BCUT2D eigenvalue weighted by Crippen LogP contribution is -2.26. The number of ether oxygens (including phenoxy) is 1. The van der Waals surface area contributed by atoms with Crippen LogP contribution in [0.25, 0.3) is 0 Å². The van der Waals surface area contributed by atoms with Gasteiger partial charge in [0.25, 0.3) is 0 Å². The molecule has 0 bridgehead atoms. The highest BCUT2D eigenvalue weighted by atomic mass is 16.5. The molecule has 1 aromatic carbocycles. The van der Waals surface area contributed by atoms with Crippen molar-refractivity contribution in [1.29, 1.82) is 0 Å². The van der Waals surface area contributed by atoms with Gasteiger partial charge in [0.2, 0.25) is 0 Å². The molecule has 1 fully saturated rings. The van der Waals surface area contributed by atoms with Gasteiger partial charge in [0.1, 0.15) is 0 Å². The second kappa shape index (κ2) is 6.51. The van der Waals surface area contributed by atoms with Gasteiger partial charge in [-0.15, -0.1) is 0 Å². The molecule has 0 radical (unpaired) electrons. The summed E-state index contributed by atoms with van der Waals surface area (Å²) in [5.41, 5.74) is 2.88. The van der Waals surface area contributed by atoms with E-state index in [1.165, 1.54) is 24.0 Å². The third-order valence-corrected chi connectivity index (χ3v) is 4.04. The molecule has 3 nitrogen and oxygen atoms in total. The quantitative estimate of drug-likeness (QED) is 0.770. The van der Waals surface area contributed by atoms with Crippen LogP contribution in [-0.4, -0.2) is 26.3 Å². The lowest BCUT2D eigenvalue weighted by Gasteiger charge is -2.19. The van der Waals surface area contributed by atoms with Gasteiger partial charge in [0, 0.05) is 25.7 Å². The van der Waals surface area contributed by atoms with E-state index < -0.39 is 0 Å². The number of hydrogen-bond acceptors (Lipinski definition) is 3. The van der Waals surface area contributed by atoms with Crippen molar-refractivity contribution < 1.29 is 4.74 Å². The van der Waals surface area contributed by atoms with Crippen molar-refractivity contribution in [3.63, 3.8) is 0 Å². The minimum Gasteiger partial charge on any atom is -0.380 e. The van der Waals surface area contributed by atoms with E-state index in [0.717, 1.165) is 45.2 Å². The van der Waals surface area contributed by atoms with E-state index in [1.54, 1.807) is 0 Å². The lowest BCUT2D eigenvalue weighted by atomic mass is 9.99. The van der Waals surface area contributed by atoms with Crippen molar-refractivity contribution >= 4 is 0 Å². The van der Waals surface area contributed by atoms with Crippen LogP contribution in [0, 0.1) is 5.92 Å². The third kappa shape index (κ3) is 3.78. The van der Waals surface area contributed by atoms with E-state index in [4.69, 9.17) is 4.74 Å². The van der Waals surface area contributed by atoms with Crippen molar-refractivity contribution in [3.05, 3.63) is 35.4 Å². The molecule has 0 amide bonds. The van der Waals surface area contributed by atoms with Crippen molar-refractivity contribution in [2.45, 2.75) is 31.8 Å². The fraction of sp³-hybridized carbons (Fsp3) is 0.625. The number of nitrogens with one attached hydrogen (secondary N) is 2. The smallest absolute Gasteiger partial charge is 0.0591 e. The van der Waals surface area contributed by atoms with Crippen LogP contribution in [0.5, 0.6) is 0 Å². The first kappa shape index (κ1) is 13.1. The molecule has 104 valence electrons. The highest BCUT2D eigenvalue weighted by Crippen LogP contribution is 2.28. The molecule has 1 saturated carbocycles. The molecule has 3 heteroatoms. The Morgan fingerprint density at radius 1 is 1.21 bits per heavy atom. The molecular weight excluding hydrogens is 236 g/mol. The summed E-state index contributed by atoms with van der Waals surface area (Å²) >= 11 is 0. The van der Waals surface area contributed by atoms with Gasteiger partial charge in [0.05, 0.1) is 6.61 Å². The second-order valence-corrected chi connectivity index (χ2v) is 5.69. The van der Waals surface area contributed by atoms with Crippen LogP contribution in [0.2, 0.25) is 0 Å². The Hall–Kier alpha value is -0.900. The topological polar surface area (TPSA) is 33.3 Å². The van der Waals surface area contributed by atoms with Gasteiger partial charge in [-0.3, -0.25) is 0 Å². The van der Waals surface area contributed by atoms with Crippen LogP contribution < -0.4 is 10.6 Å². The van der Waals surface area contributed by atoms with Crippen LogP contribution in [-0.2, 0) is 11.3 Å². The Morgan fingerprint density at radius 3 is 3.00 bits per heavy atom. The first-order valence-electron chi connectivity index (χ1n) is 7.53. The maximum Gasteiger partial charge on any atom is 0.0591 e. The minimum atomic E-state index is 0.468. The molecule has 0 spiro atoms. The van der Waals surface area contributed by atoms with Gasteiger partial charge < -0.3 is 15.4 Å². The number of benzene rings is 1. The predicted molar refractivity (Wildman–Crippen MR) is 77.1 cm³/mol. The van der Waals surface area contributed by atoms with Gasteiger partial charge in [-0.1, -0.05) is 24.3 Å². The zero-order valence-electron chi connectivity index (χ0n) is 11.5. The SMILES string of the molecule is c1ccc2c(c1)CNCCC2NCCOCC1CC1. The zero-order valence-corrected chi connectivity index (χ0v) is 11.5. The lowest BCUT2D eigenvalue weighted by molar-refractivity contribution is 0.124. The maximum absolute atomic E-state index is 5.69. The van der Waals surface area contributed by atoms with Crippen LogP contribution in [0.4, 0.5) is 0 Å². The van der Waals surface area contributed by atoms with Gasteiger partial charge in [-0.25, -0.2) is 0 Å². The molecule has 1 unspecified atom stereocenters. The molecule has 1 atom stereocenters. The molecular formula is C16H24N2O. The summed E-state index contributed by atoms with van der Waals surface area (Å²) in [6.07, 6.45) is 3.89. The van der Waals surface area contributed by atoms with Gasteiger partial charge in [-0.2, -0.15) is 0 Å². The Labute approximate surface area is 115 Å². The summed E-state index contributed by atoms with van der Waals surface area (Å²) < 4.78 is 5.69. The van der Waals surface area contributed by atoms with Crippen molar-refractivity contribution in [1.82, 2.24) is 10.6 Å². The monoisotopic (exact) mass is 260 g/mol. The summed E-state index contributed by atoms with van der Waals surface area (Å²) in [5.74, 6) is 0.864. The summed E-state index contributed by atoms with van der Waals surface area (Å²) in [6.45, 7) is 4.82. The van der Waals surface area contributed by atoms with Gasteiger partial charge in [0.15, 0.2) is 0 Å². The molecule has 2 N–H and O–H groups in total. The van der Waals surface area contributed by atoms with E-state index in [9.17, 15) is 0 Å². The van der Waals surface area contributed by atoms with E-state index in [0.29, 0.717) is 6.04 Å². The molecule has 1 heterocycles. The third-order valence-electron chi connectivity index (χ3n) is 4.04. The molecule has 1 aliphatic heterocycles. The summed E-state index contributed by atoms with van der Waals surface area (Å²) in [7, 11) is 0. The van der Waals surface area contributed by atoms with Crippen molar-refractivity contribution in [2.75, 3.05) is 26.3 Å².